The number of cyclic esters (lactones) is 5. The average molecular weight is 1550 g/mol. The summed E-state index contributed by atoms with van der Waals surface area (Å²) in [5, 5.41) is 0. The predicted octanol–water partition coefficient (Wildman–Crippen LogP) is 14.3. The van der Waals surface area contributed by atoms with Crippen LogP contribution in [0.5, 0.6) is 0 Å². The fourth-order valence-electron chi connectivity index (χ4n) is 20.3. The molecule has 0 spiro atoms. The van der Waals surface area contributed by atoms with Crippen LogP contribution in [0.15, 0.2) is 0 Å². The van der Waals surface area contributed by atoms with Gasteiger partial charge in [-0.25, -0.2) is 4.79 Å². The molecule has 7 unspecified atom stereocenters. The Balaban J connectivity index is 0.000000147. The molecule has 16 rings (SSSR count). The van der Waals surface area contributed by atoms with E-state index in [-0.39, 0.29) is 96.1 Å². The number of carbonyl (C=O) groups excluding carboxylic acids is 11. The molecule has 0 aromatic rings. The van der Waals surface area contributed by atoms with Gasteiger partial charge in [-0.1, -0.05) is 54.9 Å². The summed E-state index contributed by atoms with van der Waals surface area (Å²) < 4.78 is 73.4. The van der Waals surface area contributed by atoms with Gasteiger partial charge < -0.3 is 61.6 Å². The van der Waals surface area contributed by atoms with Gasteiger partial charge in [0, 0.05) is 81.5 Å². The largest absolute Gasteiger partial charge is 0.458 e. The van der Waals surface area contributed by atoms with Gasteiger partial charge in [0.1, 0.15) is 36.1 Å². The van der Waals surface area contributed by atoms with Gasteiger partial charge in [-0.3, -0.25) is 47.9 Å². The van der Waals surface area contributed by atoms with E-state index in [1.807, 2.05) is 76.2 Å². The van der Waals surface area contributed by atoms with Gasteiger partial charge in [0.15, 0.2) is 29.0 Å². The van der Waals surface area contributed by atoms with E-state index in [0.29, 0.717) is 159 Å². The fraction of sp³-hybridized carbons (Fsp3) is 0.872. The summed E-state index contributed by atoms with van der Waals surface area (Å²) in [6.07, 6.45) is 26.1. The van der Waals surface area contributed by atoms with Crippen LogP contribution < -0.4 is 0 Å². The first-order valence-corrected chi connectivity index (χ1v) is 42.6. The van der Waals surface area contributed by atoms with Crippen LogP contribution in [0.25, 0.3) is 0 Å². The standard InChI is InChI=1S/C20H30O4.C19H28O4.C18H28O6.C15H24O5.C14H22O5/c1-4-19(2,3)18(22)24-20(16-5-6-17(21)23-16)14-8-12-7-13(10-14)11-15(20)9-12;1-3-11(2)18(21)23-19(16-4-5-17(20)22-16)14-7-12-6-13(9-14)10-15(19)8-12;1-4-17(2,3)16(21)22-12-15(20)24-18(10-6-5-7-11-18)13-8-9-14(19)23-13;1-4-14(2,3)13(17)20-15(7-9-18-10-8-15)11-5-6-12(16)19-11;1-3-10(2)13(16)19-14(6-8-17-9-7-14)11-4-5-12(15)18-11/h12-16H,4-11H2,1-3H3;11-16H,3-10H2,1-2H3;13H,4-12H2,1-3H3;11H,4-10H2,1-3H3;10-11H,3-9H2,1-2H3. The summed E-state index contributed by atoms with van der Waals surface area (Å²) in [5.74, 6) is 2.00. The topological polar surface area (TPSA) is 308 Å². The van der Waals surface area contributed by atoms with Crippen LogP contribution >= 0.6 is 0 Å². The molecule has 7 saturated heterocycles. The van der Waals surface area contributed by atoms with Crippen molar-refractivity contribution in [2.45, 2.75) is 367 Å². The molecular formula is C86H132O24. The van der Waals surface area contributed by atoms with Crippen LogP contribution in [-0.2, 0) is 114 Å². The van der Waals surface area contributed by atoms with Gasteiger partial charge in [0.05, 0.1) is 54.5 Å². The Labute approximate surface area is 652 Å². The molecule has 16 aliphatic rings. The number of esters is 11. The Morgan fingerprint density at radius 3 is 1.00 bits per heavy atom. The maximum absolute atomic E-state index is 13.0. The molecular weight excluding hydrogens is 1420 g/mol. The maximum Gasteiger partial charge on any atom is 0.344 e. The first-order valence-electron chi connectivity index (χ1n) is 42.6. The second-order valence-corrected chi connectivity index (χ2v) is 36.9. The molecule has 0 N–H and O–H groups in total. The van der Waals surface area contributed by atoms with E-state index in [9.17, 15) is 52.7 Å². The lowest BCUT2D eigenvalue weighted by Gasteiger charge is -2.61. The van der Waals surface area contributed by atoms with Crippen LogP contribution in [-0.4, -0.2) is 157 Å². The molecule has 0 amide bonds. The molecule has 620 valence electrons. The van der Waals surface area contributed by atoms with Crippen molar-refractivity contribution in [1.82, 2.24) is 0 Å². The van der Waals surface area contributed by atoms with Crippen LogP contribution in [0, 0.1) is 75.4 Å². The summed E-state index contributed by atoms with van der Waals surface area (Å²) in [7, 11) is 0. The highest BCUT2D eigenvalue weighted by Gasteiger charge is 2.67. The zero-order chi connectivity index (χ0) is 79.8. The third-order valence-corrected chi connectivity index (χ3v) is 28.5. The Morgan fingerprint density at radius 2 is 0.673 bits per heavy atom. The highest BCUT2D eigenvalue weighted by Crippen LogP contribution is 2.64. The lowest BCUT2D eigenvalue weighted by atomic mass is 9.48. The number of ether oxygens (including phenoxy) is 13. The molecule has 24 nitrogen and oxygen atoms in total. The number of hydrogen-bond donors (Lipinski definition) is 0. The zero-order valence-electron chi connectivity index (χ0n) is 68.5. The molecule has 9 saturated carbocycles. The first kappa shape index (κ1) is 86.5. The molecule has 16 fully saturated rings. The molecule has 7 aliphatic heterocycles. The number of carbonyl (C=O) groups is 11. The Morgan fingerprint density at radius 1 is 0.373 bits per heavy atom. The van der Waals surface area contributed by atoms with Gasteiger partial charge in [-0.15, -0.1) is 0 Å². The van der Waals surface area contributed by atoms with E-state index in [1.54, 1.807) is 13.8 Å². The SMILES string of the molecule is CCC(C)(C)C(=O)OC1(C2CCC(=O)O2)C2CC3CC(C2)CC1C3.CCC(C)(C)C(=O)OC1(C2CCC(=O)O2)CCOCC1.CCC(C)(C)C(=O)OCC(=O)OC1(C2CCC(=O)O2)CCCCC1.CCC(C)C(=O)OC1(C2CCC(=O)O2)C2CC3CC(C2)CC1C3.CCC(C)C(=O)OC1(C2CCC(=O)O2)CCOCC1. The quantitative estimate of drug-likeness (QED) is 0.0718. The molecule has 0 aromatic carbocycles. The summed E-state index contributed by atoms with van der Waals surface area (Å²) in [6.45, 7) is 26.6. The molecule has 110 heavy (non-hydrogen) atoms. The molecule has 7 heterocycles. The predicted molar refractivity (Wildman–Crippen MR) is 399 cm³/mol. The van der Waals surface area contributed by atoms with Crippen molar-refractivity contribution in [2.24, 2.45) is 75.4 Å². The van der Waals surface area contributed by atoms with Crippen molar-refractivity contribution >= 4 is 65.7 Å². The van der Waals surface area contributed by atoms with Crippen LogP contribution in [0.2, 0.25) is 0 Å². The summed E-state index contributed by atoms with van der Waals surface area (Å²) in [6, 6.07) is 0. The van der Waals surface area contributed by atoms with E-state index >= 15 is 0 Å². The monoisotopic (exact) mass is 1550 g/mol. The molecule has 0 radical (unpaired) electrons. The minimum absolute atomic E-state index is 0.0823. The number of hydrogen-bond acceptors (Lipinski definition) is 24. The van der Waals surface area contributed by atoms with Crippen LogP contribution in [0.1, 0.15) is 308 Å². The van der Waals surface area contributed by atoms with Crippen molar-refractivity contribution in [3.05, 3.63) is 0 Å². The smallest absolute Gasteiger partial charge is 0.344 e. The van der Waals surface area contributed by atoms with Gasteiger partial charge in [0.25, 0.3) is 0 Å². The van der Waals surface area contributed by atoms with E-state index in [0.717, 1.165) is 120 Å². The second kappa shape index (κ2) is 36.3. The van der Waals surface area contributed by atoms with Crippen molar-refractivity contribution in [3.63, 3.8) is 0 Å². The second-order valence-electron chi connectivity index (χ2n) is 36.9. The lowest BCUT2D eigenvalue weighted by molar-refractivity contribution is -0.247. The third kappa shape index (κ3) is 19.4. The number of rotatable bonds is 22. The van der Waals surface area contributed by atoms with Crippen molar-refractivity contribution < 1.29 is 114 Å². The molecule has 8 bridgehead atoms. The molecule has 9 aliphatic carbocycles. The molecule has 24 heteroatoms. The van der Waals surface area contributed by atoms with Crippen LogP contribution in [0.3, 0.4) is 0 Å². The van der Waals surface area contributed by atoms with E-state index < -0.39 is 62.8 Å². The normalized spacial score (nSPS) is 33.8. The summed E-state index contributed by atoms with van der Waals surface area (Å²) in [5.41, 5.74) is -4.84. The highest BCUT2D eigenvalue weighted by atomic mass is 16.6. The van der Waals surface area contributed by atoms with Crippen LogP contribution in [0.4, 0.5) is 0 Å². The third-order valence-electron chi connectivity index (χ3n) is 28.5. The van der Waals surface area contributed by atoms with Gasteiger partial charge in [-0.05, 0) is 219 Å². The Hall–Kier alpha value is -5.91. The van der Waals surface area contributed by atoms with Crippen molar-refractivity contribution in [1.29, 1.82) is 0 Å². The zero-order valence-corrected chi connectivity index (χ0v) is 68.5. The van der Waals surface area contributed by atoms with E-state index in [4.69, 9.17) is 61.6 Å². The van der Waals surface area contributed by atoms with Gasteiger partial charge >= 0.3 is 65.7 Å². The summed E-state index contributed by atoms with van der Waals surface area (Å²) in [4.78, 5) is 132. The highest BCUT2D eigenvalue weighted by molar-refractivity contribution is 5.81. The molecule has 7 atom stereocenters. The minimum Gasteiger partial charge on any atom is -0.458 e. The Kier molecular flexibility index (Phi) is 28.5. The average Bonchev–Trinajstić information content (AvgIpc) is 1.21. The fourth-order valence-corrected chi connectivity index (χ4v) is 20.3. The maximum atomic E-state index is 13.0. The lowest BCUT2D eigenvalue weighted by Crippen LogP contribution is -2.65. The van der Waals surface area contributed by atoms with Crippen molar-refractivity contribution in [2.75, 3.05) is 33.0 Å². The Bertz CT molecular complexity index is 3200. The van der Waals surface area contributed by atoms with Gasteiger partial charge in [-0.2, -0.15) is 0 Å². The van der Waals surface area contributed by atoms with E-state index in [2.05, 4.69) is 0 Å². The van der Waals surface area contributed by atoms with Crippen molar-refractivity contribution in [3.8, 4) is 0 Å². The van der Waals surface area contributed by atoms with Gasteiger partial charge in [0.2, 0.25) is 0 Å². The minimum atomic E-state index is -0.756. The first-order chi connectivity index (χ1) is 52.1. The molecule has 0 aromatic heterocycles. The van der Waals surface area contributed by atoms with E-state index in [1.165, 1.54) is 12.8 Å². The summed E-state index contributed by atoms with van der Waals surface area (Å²) >= 11 is 0.